The minimum absolute atomic E-state index is 0.477. The molecule has 1 unspecified atom stereocenters. The maximum absolute atomic E-state index is 13.4. The molecule has 0 saturated carbocycles. The first-order valence-electron chi connectivity index (χ1n) is 14.7. The van der Waals surface area contributed by atoms with Crippen LogP contribution in [-0.4, -0.2) is 5.11 Å². The smallest absolute Gasteiger partial charge is 0.125 e. The maximum atomic E-state index is 13.4. The first kappa shape index (κ1) is 27.9. The van der Waals surface area contributed by atoms with Crippen molar-refractivity contribution in [3.05, 3.63) is 221 Å². The number of benzene rings is 6. The number of hydrogen-bond acceptors (Lipinski definition) is 1. The van der Waals surface area contributed by atoms with E-state index in [1.54, 1.807) is 0 Å². The summed E-state index contributed by atoms with van der Waals surface area (Å²) in [6.07, 6.45) is 4.49. The predicted molar refractivity (Wildman–Crippen MR) is 180 cm³/mol. The molecule has 0 aliphatic carbocycles. The second-order valence-corrected chi connectivity index (χ2v) is 10.7. The van der Waals surface area contributed by atoms with Gasteiger partial charge in [-0.25, -0.2) is 0 Å². The van der Waals surface area contributed by atoms with E-state index in [9.17, 15) is 5.11 Å². The van der Waals surface area contributed by atoms with E-state index in [2.05, 4.69) is 109 Å². The first-order valence-corrected chi connectivity index (χ1v) is 14.7. The van der Waals surface area contributed by atoms with Crippen LogP contribution in [0.4, 0.5) is 0 Å². The lowest BCUT2D eigenvalue weighted by atomic mass is 9.69. The molecule has 0 aliphatic rings. The molecule has 0 heterocycles. The van der Waals surface area contributed by atoms with Crippen LogP contribution in [0, 0.1) is 5.92 Å². The van der Waals surface area contributed by atoms with Crippen molar-refractivity contribution in [1.82, 2.24) is 0 Å². The van der Waals surface area contributed by atoms with Crippen LogP contribution in [0.1, 0.15) is 33.4 Å². The first-order chi connectivity index (χ1) is 21.2. The summed E-state index contributed by atoms with van der Waals surface area (Å²) in [5.41, 5.74) is 6.66. The number of rotatable bonds is 9. The van der Waals surface area contributed by atoms with Crippen LogP contribution in [-0.2, 0) is 5.60 Å². The highest BCUT2D eigenvalue weighted by molar-refractivity contribution is 5.88. The normalized spacial score (nSPS) is 12.3. The monoisotopic (exact) mass is 554 g/mol. The fourth-order valence-corrected chi connectivity index (χ4v) is 5.82. The number of aliphatic hydroxyl groups is 1. The molecule has 1 nitrogen and oxygen atoms in total. The highest BCUT2D eigenvalue weighted by Gasteiger charge is 2.42. The lowest BCUT2D eigenvalue weighted by Crippen LogP contribution is -2.36. The van der Waals surface area contributed by atoms with Gasteiger partial charge in [0.1, 0.15) is 5.60 Å². The maximum Gasteiger partial charge on any atom is 0.125 e. The van der Waals surface area contributed by atoms with E-state index in [1.807, 2.05) is 84.9 Å². The molecule has 0 radical (unpaired) electrons. The Hall–Kier alpha value is -5.24. The molecule has 1 heteroatoms. The summed E-state index contributed by atoms with van der Waals surface area (Å²) in [5.74, 6) is -0.477. The van der Waals surface area contributed by atoms with E-state index in [0.29, 0.717) is 0 Å². The van der Waals surface area contributed by atoms with Crippen LogP contribution in [0.3, 0.4) is 0 Å². The van der Waals surface area contributed by atoms with Gasteiger partial charge in [0.25, 0.3) is 0 Å². The molecule has 208 valence electrons. The molecule has 0 aromatic heterocycles. The Bertz CT molecular complexity index is 1690. The largest absolute Gasteiger partial charge is 0.379 e. The van der Waals surface area contributed by atoms with Crippen molar-refractivity contribution in [2.75, 3.05) is 0 Å². The quantitative estimate of drug-likeness (QED) is 0.176. The van der Waals surface area contributed by atoms with Gasteiger partial charge in [0.2, 0.25) is 0 Å². The molecule has 6 aromatic rings. The molecule has 0 saturated heterocycles. The summed E-state index contributed by atoms with van der Waals surface area (Å²) in [4.78, 5) is 0. The highest BCUT2D eigenvalue weighted by atomic mass is 16.3. The Morgan fingerprint density at radius 2 is 0.791 bits per heavy atom. The minimum atomic E-state index is -1.40. The molecule has 1 N–H and O–H groups in total. The van der Waals surface area contributed by atoms with E-state index in [1.165, 1.54) is 0 Å². The van der Waals surface area contributed by atoms with E-state index in [4.69, 9.17) is 0 Å². The van der Waals surface area contributed by atoms with E-state index in [0.717, 1.165) is 44.5 Å². The van der Waals surface area contributed by atoms with Gasteiger partial charge in [-0.05, 0) is 44.5 Å². The molecule has 0 amide bonds. The van der Waals surface area contributed by atoms with Gasteiger partial charge >= 0.3 is 0 Å². The molecular weight excluding hydrogens is 520 g/mol. The molecule has 0 fully saturated rings. The van der Waals surface area contributed by atoms with Gasteiger partial charge in [-0.2, -0.15) is 0 Å². The fourth-order valence-electron chi connectivity index (χ4n) is 5.82. The lowest BCUT2D eigenvalue weighted by molar-refractivity contribution is 0.0579. The predicted octanol–water partition coefficient (Wildman–Crippen LogP) is 9.91. The standard InChI is InChI=1S/C42H34O/c43-42(37-27-15-5-16-28-37,38-29-17-6-18-30-38)41(32-39(34-21-9-2-10-22-34)35-23-11-3-12-24-35)40(36-25-13-4-14-26-36)31-33-19-7-1-8-20-33/h1-32,41,43H. The van der Waals surface area contributed by atoms with Crippen LogP contribution >= 0.6 is 0 Å². The van der Waals surface area contributed by atoms with Crippen molar-refractivity contribution in [2.24, 2.45) is 5.92 Å². The van der Waals surface area contributed by atoms with Gasteiger partial charge in [0.05, 0.1) is 0 Å². The van der Waals surface area contributed by atoms with Crippen LogP contribution in [0.5, 0.6) is 0 Å². The Kier molecular flexibility index (Phi) is 8.54. The summed E-state index contributed by atoms with van der Waals surface area (Å²) in [7, 11) is 0. The van der Waals surface area contributed by atoms with Crippen LogP contribution in [0.15, 0.2) is 188 Å². The Labute approximate surface area is 254 Å². The molecule has 0 aliphatic heterocycles. The van der Waals surface area contributed by atoms with Gasteiger partial charge in [0.15, 0.2) is 0 Å². The second-order valence-electron chi connectivity index (χ2n) is 10.7. The Morgan fingerprint density at radius 3 is 1.21 bits per heavy atom. The van der Waals surface area contributed by atoms with Crippen molar-refractivity contribution < 1.29 is 5.11 Å². The average Bonchev–Trinajstić information content (AvgIpc) is 3.10. The third kappa shape index (κ3) is 6.18. The zero-order chi connectivity index (χ0) is 29.3. The lowest BCUT2D eigenvalue weighted by Gasteiger charge is -2.38. The summed E-state index contributed by atoms with van der Waals surface area (Å²) >= 11 is 0. The zero-order valence-corrected chi connectivity index (χ0v) is 24.0. The van der Waals surface area contributed by atoms with Gasteiger partial charge < -0.3 is 5.11 Å². The van der Waals surface area contributed by atoms with Gasteiger partial charge in [-0.3, -0.25) is 0 Å². The topological polar surface area (TPSA) is 20.2 Å². The molecular formula is C42H34O. The van der Waals surface area contributed by atoms with E-state index >= 15 is 0 Å². The summed E-state index contributed by atoms with van der Waals surface area (Å²) in [6.45, 7) is 0. The summed E-state index contributed by atoms with van der Waals surface area (Å²) in [5, 5.41) is 13.4. The average molecular weight is 555 g/mol. The second kappa shape index (κ2) is 13.2. The minimum Gasteiger partial charge on any atom is -0.379 e. The van der Waals surface area contributed by atoms with Crippen molar-refractivity contribution in [2.45, 2.75) is 5.60 Å². The van der Waals surface area contributed by atoms with Gasteiger partial charge in [0, 0.05) is 5.92 Å². The third-order valence-corrected chi connectivity index (χ3v) is 7.94. The molecule has 0 bridgehead atoms. The SMILES string of the molecule is OC(c1ccccc1)(c1ccccc1)C(C=C(c1ccccc1)c1ccccc1)C(=Cc1ccccc1)c1ccccc1. The molecule has 6 rings (SSSR count). The molecule has 6 aromatic carbocycles. The van der Waals surface area contributed by atoms with Gasteiger partial charge in [-0.1, -0.05) is 194 Å². The van der Waals surface area contributed by atoms with Crippen molar-refractivity contribution in [3.63, 3.8) is 0 Å². The van der Waals surface area contributed by atoms with Crippen molar-refractivity contribution in [3.8, 4) is 0 Å². The zero-order valence-electron chi connectivity index (χ0n) is 24.0. The summed E-state index contributed by atoms with van der Waals surface area (Å²) in [6, 6.07) is 61.9. The highest BCUT2D eigenvalue weighted by Crippen LogP contribution is 2.47. The summed E-state index contributed by atoms with van der Waals surface area (Å²) < 4.78 is 0. The molecule has 1 atom stereocenters. The fraction of sp³-hybridized carbons (Fsp3) is 0.0476. The molecule has 43 heavy (non-hydrogen) atoms. The van der Waals surface area contributed by atoms with Crippen molar-refractivity contribution in [1.29, 1.82) is 0 Å². The molecule has 0 spiro atoms. The van der Waals surface area contributed by atoms with Gasteiger partial charge in [-0.15, -0.1) is 0 Å². The Morgan fingerprint density at radius 1 is 0.442 bits per heavy atom. The van der Waals surface area contributed by atoms with Crippen molar-refractivity contribution >= 4 is 17.2 Å². The van der Waals surface area contributed by atoms with E-state index in [-0.39, 0.29) is 0 Å². The van der Waals surface area contributed by atoms with Crippen LogP contribution in [0.25, 0.3) is 17.2 Å². The van der Waals surface area contributed by atoms with Crippen LogP contribution < -0.4 is 0 Å². The number of hydrogen-bond donors (Lipinski definition) is 1. The van der Waals surface area contributed by atoms with E-state index < -0.39 is 11.5 Å². The Balaban J connectivity index is 1.72. The van der Waals surface area contributed by atoms with Crippen LogP contribution in [0.2, 0.25) is 0 Å². The third-order valence-electron chi connectivity index (χ3n) is 7.94.